The minimum atomic E-state index is -0.482. The number of morpholine rings is 1. The largest absolute Gasteiger partial charge is 0.507 e. The van der Waals surface area contributed by atoms with E-state index in [2.05, 4.69) is 0 Å². The molecule has 1 fully saturated rings. The van der Waals surface area contributed by atoms with Crippen LogP contribution in [0.25, 0.3) is 22.1 Å². The maximum atomic E-state index is 12.9. The van der Waals surface area contributed by atoms with Gasteiger partial charge < -0.3 is 28.6 Å². The number of rotatable bonds is 5. The first-order valence-corrected chi connectivity index (χ1v) is 9.53. The Balaban J connectivity index is 1.80. The fraction of sp³-hybridized carbons (Fsp3) is 0.318. The molecule has 0 spiro atoms. The first-order valence-electron chi connectivity index (χ1n) is 9.53. The van der Waals surface area contributed by atoms with Crippen LogP contribution >= 0.6 is 0 Å². The van der Waals surface area contributed by atoms with Gasteiger partial charge in [0.25, 0.3) is 0 Å². The lowest BCUT2D eigenvalue weighted by molar-refractivity contribution is -0.921. The van der Waals surface area contributed by atoms with E-state index in [4.69, 9.17) is 18.6 Å². The lowest BCUT2D eigenvalue weighted by Crippen LogP contribution is -3.12. The quantitative estimate of drug-likeness (QED) is 0.636. The van der Waals surface area contributed by atoms with Gasteiger partial charge in [-0.05, 0) is 30.3 Å². The Labute approximate surface area is 168 Å². The minimum Gasteiger partial charge on any atom is -0.507 e. The number of nitrogens with one attached hydrogen (secondary N) is 1. The van der Waals surface area contributed by atoms with Crippen molar-refractivity contribution in [2.24, 2.45) is 0 Å². The van der Waals surface area contributed by atoms with Crippen molar-refractivity contribution in [3.63, 3.8) is 0 Å². The number of fused-ring (bicyclic) bond motifs is 1. The summed E-state index contributed by atoms with van der Waals surface area (Å²) in [5.74, 6) is 1.29. The zero-order chi connectivity index (χ0) is 20.4. The molecule has 0 atom stereocenters. The van der Waals surface area contributed by atoms with Gasteiger partial charge in [0.05, 0.1) is 38.6 Å². The second-order valence-electron chi connectivity index (χ2n) is 7.03. The van der Waals surface area contributed by atoms with Crippen molar-refractivity contribution in [2.75, 3.05) is 40.5 Å². The topological polar surface area (TPSA) is 82.6 Å². The van der Waals surface area contributed by atoms with Gasteiger partial charge in [-0.2, -0.15) is 0 Å². The molecule has 1 saturated heterocycles. The first-order chi connectivity index (χ1) is 14.1. The number of benzene rings is 2. The van der Waals surface area contributed by atoms with E-state index in [1.807, 2.05) is 0 Å². The van der Waals surface area contributed by atoms with Gasteiger partial charge in [0.15, 0.2) is 5.58 Å². The first kappa shape index (κ1) is 19.3. The average molecular weight is 398 g/mol. The standard InChI is InChI=1S/C22H23NO6/c1-26-15-4-5-16(20(12-15)27-2)17-11-14-3-6-19(24)18(21(14)29-22(17)25)13-23-7-9-28-10-8-23/h3-6,11-12,24H,7-10,13H2,1-2H3/p+1. The van der Waals surface area contributed by atoms with E-state index in [-0.39, 0.29) is 5.75 Å². The van der Waals surface area contributed by atoms with Gasteiger partial charge in [0.2, 0.25) is 0 Å². The maximum absolute atomic E-state index is 12.9. The third-order valence-corrected chi connectivity index (χ3v) is 5.31. The summed E-state index contributed by atoms with van der Waals surface area (Å²) in [6.07, 6.45) is 0. The molecule has 0 aliphatic carbocycles. The normalized spacial score (nSPS) is 14.8. The predicted octanol–water partition coefficient (Wildman–Crippen LogP) is 1.60. The number of phenolic OH excluding ortho intramolecular Hbond substituents is 1. The predicted molar refractivity (Wildman–Crippen MR) is 108 cm³/mol. The molecule has 0 amide bonds. The monoisotopic (exact) mass is 398 g/mol. The van der Waals surface area contributed by atoms with Crippen molar-refractivity contribution >= 4 is 11.0 Å². The molecule has 29 heavy (non-hydrogen) atoms. The Morgan fingerprint density at radius 1 is 1.03 bits per heavy atom. The molecule has 1 aliphatic rings. The van der Waals surface area contributed by atoms with Crippen molar-refractivity contribution in [1.29, 1.82) is 0 Å². The summed E-state index contributed by atoms with van der Waals surface area (Å²) < 4.78 is 21.8. The minimum absolute atomic E-state index is 0.134. The van der Waals surface area contributed by atoms with E-state index in [0.29, 0.717) is 53.5 Å². The molecule has 0 radical (unpaired) electrons. The van der Waals surface area contributed by atoms with Gasteiger partial charge in [-0.1, -0.05) is 0 Å². The van der Waals surface area contributed by atoms with Crippen molar-refractivity contribution in [2.45, 2.75) is 6.54 Å². The van der Waals surface area contributed by atoms with E-state index >= 15 is 0 Å². The fourth-order valence-electron chi connectivity index (χ4n) is 3.70. The van der Waals surface area contributed by atoms with Gasteiger partial charge in [-0.3, -0.25) is 0 Å². The number of aromatic hydroxyl groups is 1. The second kappa shape index (κ2) is 8.14. The highest BCUT2D eigenvalue weighted by atomic mass is 16.5. The maximum Gasteiger partial charge on any atom is 0.344 e. The van der Waals surface area contributed by atoms with Crippen LogP contribution in [-0.4, -0.2) is 45.6 Å². The van der Waals surface area contributed by atoms with E-state index in [1.165, 1.54) is 4.90 Å². The van der Waals surface area contributed by atoms with Crippen molar-refractivity contribution in [3.05, 3.63) is 52.4 Å². The van der Waals surface area contributed by atoms with Crippen LogP contribution in [0.4, 0.5) is 0 Å². The van der Waals surface area contributed by atoms with E-state index < -0.39 is 5.63 Å². The molecule has 2 N–H and O–H groups in total. The number of phenols is 1. The Bertz CT molecular complexity index is 1080. The lowest BCUT2D eigenvalue weighted by Gasteiger charge is -2.24. The molecule has 1 aliphatic heterocycles. The summed E-state index contributed by atoms with van der Waals surface area (Å²) in [6.45, 7) is 3.64. The van der Waals surface area contributed by atoms with Crippen molar-refractivity contribution in [1.82, 2.24) is 0 Å². The number of methoxy groups -OCH3 is 2. The highest BCUT2D eigenvalue weighted by Crippen LogP contribution is 2.34. The lowest BCUT2D eigenvalue weighted by atomic mass is 10.0. The smallest absolute Gasteiger partial charge is 0.344 e. The Hall–Kier alpha value is -3.03. The molecule has 7 heteroatoms. The zero-order valence-corrected chi connectivity index (χ0v) is 16.5. The molecule has 0 unspecified atom stereocenters. The van der Waals surface area contributed by atoms with Crippen LogP contribution in [0.15, 0.2) is 45.6 Å². The van der Waals surface area contributed by atoms with Crippen LogP contribution in [0.2, 0.25) is 0 Å². The molecule has 1 aromatic heterocycles. The van der Waals surface area contributed by atoms with Crippen LogP contribution in [0.5, 0.6) is 17.2 Å². The molecular formula is C22H24NO6+. The Morgan fingerprint density at radius 2 is 1.83 bits per heavy atom. The SMILES string of the molecule is COc1ccc(-c2cc3ccc(O)c(C[NH+]4CCOCC4)c3oc2=O)c(OC)c1. The number of hydrogen-bond acceptors (Lipinski definition) is 6. The number of quaternary nitrogens is 1. The van der Waals surface area contributed by atoms with Crippen molar-refractivity contribution in [3.8, 4) is 28.4 Å². The summed E-state index contributed by atoms with van der Waals surface area (Å²) in [6, 6.07) is 10.4. The van der Waals surface area contributed by atoms with E-state index in [9.17, 15) is 9.90 Å². The molecule has 2 heterocycles. The summed E-state index contributed by atoms with van der Waals surface area (Å²) in [5.41, 5.74) is 1.60. The molecular weight excluding hydrogens is 374 g/mol. The van der Waals surface area contributed by atoms with Crippen LogP contribution in [0.1, 0.15) is 5.56 Å². The second-order valence-corrected chi connectivity index (χ2v) is 7.03. The van der Waals surface area contributed by atoms with E-state index in [0.717, 1.165) is 18.5 Å². The third-order valence-electron chi connectivity index (χ3n) is 5.31. The number of ether oxygens (including phenoxy) is 3. The highest BCUT2D eigenvalue weighted by molar-refractivity contribution is 5.86. The van der Waals surface area contributed by atoms with Crippen LogP contribution in [0.3, 0.4) is 0 Å². The van der Waals surface area contributed by atoms with Gasteiger partial charge in [0.1, 0.15) is 36.9 Å². The molecule has 7 nitrogen and oxygen atoms in total. The Morgan fingerprint density at radius 3 is 2.55 bits per heavy atom. The molecule has 3 aromatic rings. The van der Waals surface area contributed by atoms with Crippen molar-refractivity contribution < 1.29 is 28.6 Å². The van der Waals surface area contributed by atoms with Crippen LogP contribution < -0.4 is 20.0 Å². The summed E-state index contributed by atoms with van der Waals surface area (Å²) in [7, 11) is 3.12. The third kappa shape index (κ3) is 3.79. The fourth-order valence-corrected chi connectivity index (χ4v) is 3.70. The molecule has 2 aromatic carbocycles. The average Bonchev–Trinajstić information content (AvgIpc) is 2.76. The molecule has 4 rings (SSSR count). The van der Waals surface area contributed by atoms with Crippen LogP contribution in [0, 0.1) is 0 Å². The zero-order valence-electron chi connectivity index (χ0n) is 16.5. The molecule has 0 saturated carbocycles. The Kier molecular flexibility index (Phi) is 5.42. The van der Waals surface area contributed by atoms with Gasteiger partial charge >= 0.3 is 5.63 Å². The summed E-state index contributed by atoms with van der Waals surface area (Å²) >= 11 is 0. The van der Waals surface area contributed by atoms with Gasteiger partial charge in [-0.25, -0.2) is 4.79 Å². The molecule has 0 bridgehead atoms. The molecule has 152 valence electrons. The highest BCUT2D eigenvalue weighted by Gasteiger charge is 2.21. The van der Waals surface area contributed by atoms with Gasteiger partial charge in [0, 0.05) is 17.0 Å². The van der Waals surface area contributed by atoms with E-state index in [1.54, 1.807) is 50.6 Å². The van der Waals surface area contributed by atoms with Crippen LogP contribution in [-0.2, 0) is 11.3 Å². The van der Waals surface area contributed by atoms with Gasteiger partial charge in [-0.15, -0.1) is 0 Å². The summed E-state index contributed by atoms with van der Waals surface area (Å²) in [5, 5.41) is 11.2. The summed E-state index contributed by atoms with van der Waals surface area (Å²) in [4.78, 5) is 14.1. The number of hydrogen-bond donors (Lipinski definition) is 2.